The maximum Gasteiger partial charge on any atom is 0.261 e. The summed E-state index contributed by atoms with van der Waals surface area (Å²) in [5, 5.41) is 18.4. The normalized spacial score (nSPS) is 10.6. The van der Waals surface area contributed by atoms with Gasteiger partial charge in [0.2, 0.25) is 0 Å². The van der Waals surface area contributed by atoms with E-state index < -0.39 is 11.7 Å². The van der Waals surface area contributed by atoms with Gasteiger partial charge in [-0.25, -0.2) is 4.39 Å². The van der Waals surface area contributed by atoms with Crippen LogP contribution >= 0.6 is 11.3 Å². The number of aryl methyl sites for hydroxylation is 1. The lowest BCUT2D eigenvalue weighted by molar-refractivity contribution is 0.0953. The Balaban J connectivity index is 1.42. The molecule has 0 saturated heterocycles. The number of tetrazole rings is 1. The predicted octanol–water partition coefficient (Wildman–Crippen LogP) is 3.35. The Morgan fingerprint density at radius 3 is 2.58 bits per heavy atom. The molecule has 0 saturated carbocycles. The Kier molecular flexibility index (Phi) is 5.80. The van der Waals surface area contributed by atoms with E-state index in [1.54, 1.807) is 37.3 Å². The first-order valence-electron chi connectivity index (χ1n) is 9.28. The van der Waals surface area contributed by atoms with E-state index in [0.29, 0.717) is 28.5 Å². The van der Waals surface area contributed by atoms with Gasteiger partial charge in [-0.3, -0.25) is 9.59 Å². The first-order valence-corrected chi connectivity index (χ1v) is 10.2. The second-order valence-corrected chi connectivity index (χ2v) is 7.56. The minimum absolute atomic E-state index is 0.0182. The average molecular weight is 436 g/mol. The second-order valence-electron chi connectivity index (χ2n) is 6.61. The Morgan fingerprint density at radius 1 is 1.10 bits per heavy atom. The molecule has 8 nitrogen and oxygen atoms in total. The van der Waals surface area contributed by atoms with Gasteiger partial charge in [-0.15, -0.1) is 16.4 Å². The van der Waals surface area contributed by atoms with Gasteiger partial charge in [0, 0.05) is 12.1 Å². The molecule has 2 aromatic heterocycles. The topological polar surface area (TPSA) is 102 Å². The molecule has 0 atom stereocenters. The molecule has 0 unspecified atom stereocenters. The maximum atomic E-state index is 14.2. The Bertz CT molecular complexity index is 1220. The number of nitrogens with one attached hydrogen (secondary N) is 2. The predicted molar refractivity (Wildman–Crippen MR) is 114 cm³/mol. The van der Waals surface area contributed by atoms with Gasteiger partial charge in [0.05, 0.1) is 16.3 Å². The molecule has 0 fully saturated rings. The zero-order valence-electron chi connectivity index (χ0n) is 16.4. The highest BCUT2D eigenvalue weighted by molar-refractivity contribution is 7.12. The highest BCUT2D eigenvalue weighted by atomic mass is 32.1. The molecule has 4 aromatic rings. The Morgan fingerprint density at radius 2 is 1.90 bits per heavy atom. The molecule has 0 bridgehead atoms. The highest BCUT2D eigenvalue weighted by Crippen LogP contribution is 2.20. The fourth-order valence-electron chi connectivity index (χ4n) is 2.86. The lowest BCUT2D eigenvalue weighted by atomic mass is 10.1. The van der Waals surface area contributed by atoms with Crippen LogP contribution in [-0.2, 0) is 6.54 Å². The number of hydrogen-bond donors (Lipinski definition) is 2. The van der Waals surface area contributed by atoms with Crippen molar-refractivity contribution in [3.63, 3.8) is 0 Å². The third kappa shape index (κ3) is 4.64. The van der Waals surface area contributed by atoms with Gasteiger partial charge in [-0.1, -0.05) is 18.2 Å². The van der Waals surface area contributed by atoms with Gasteiger partial charge in [-0.05, 0) is 64.7 Å². The van der Waals surface area contributed by atoms with Crippen LogP contribution in [0.5, 0.6) is 0 Å². The summed E-state index contributed by atoms with van der Waals surface area (Å²) in [6.07, 6.45) is 0. The van der Waals surface area contributed by atoms with Crippen molar-refractivity contribution >= 4 is 28.8 Å². The van der Waals surface area contributed by atoms with Crippen molar-refractivity contribution in [1.29, 1.82) is 0 Å². The van der Waals surface area contributed by atoms with Crippen molar-refractivity contribution < 1.29 is 14.0 Å². The third-order valence-electron chi connectivity index (χ3n) is 4.48. The van der Waals surface area contributed by atoms with E-state index in [9.17, 15) is 14.0 Å². The van der Waals surface area contributed by atoms with Gasteiger partial charge in [0.25, 0.3) is 11.8 Å². The van der Waals surface area contributed by atoms with Crippen LogP contribution in [0.2, 0.25) is 0 Å². The monoisotopic (exact) mass is 436 g/mol. The summed E-state index contributed by atoms with van der Waals surface area (Å²) in [7, 11) is 0. The summed E-state index contributed by atoms with van der Waals surface area (Å²) in [6, 6.07) is 14.5. The molecule has 2 aromatic carbocycles. The molecule has 0 aliphatic carbocycles. The Labute approximate surface area is 180 Å². The maximum absolute atomic E-state index is 14.2. The number of nitrogens with zero attached hydrogens (tertiary/aromatic N) is 4. The Hall–Kier alpha value is -3.92. The number of amides is 2. The zero-order chi connectivity index (χ0) is 21.8. The molecule has 156 valence electrons. The van der Waals surface area contributed by atoms with Crippen molar-refractivity contribution in [2.45, 2.75) is 13.5 Å². The molecule has 31 heavy (non-hydrogen) atoms. The average Bonchev–Trinajstić information content (AvgIpc) is 3.46. The van der Waals surface area contributed by atoms with E-state index in [1.807, 2.05) is 11.4 Å². The van der Waals surface area contributed by atoms with Crippen LogP contribution in [0.1, 0.15) is 31.4 Å². The van der Waals surface area contributed by atoms with Gasteiger partial charge in [-0.2, -0.15) is 4.68 Å². The number of hydrogen-bond acceptors (Lipinski definition) is 6. The smallest absolute Gasteiger partial charge is 0.261 e. The van der Waals surface area contributed by atoms with Crippen LogP contribution in [0.25, 0.3) is 5.69 Å². The number of carbonyl (C=O) groups is 2. The second kappa shape index (κ2) is 8.84. The van der Waals surface area contributed by atoms with Crippen molar-refractivity contribution in [2.75, 3.05) is 5.32 Å². The van der Waals surface area contributed by atoms with E-state index in [-0.39, 0.29) is 11.6 Å². The van der Waals surface area contributed by atoms with E-state index in [0.717, 1.165) is 5.56 Å². The molecule has 2 amide bonds. The minimum Gasteiger partial charge on any atom is -0.347 e. The third-order valence-corrected chi connectivity index (χ3v) is 5.35. The molecule has 2 N–H and O–H groups in total. The molecule has 0 aliphatic rings. The quantitative estimate of drug-likeness (QED) is 0.483. The van der Waals surface area contributed by atoms with Crippen LogP contribution in [0, 0.1) is 12.7 Å². The molecule has 0 spiro atoms. The van der Waals surface area contributed by atoms with Gasteiger partial charge in [0.1, 0.15) is 5.82 Å². The van der Waals surface area contributed by atoms with Crippen molar-refractivity contribution in [3.8, 4) is 5.69 Å². The molecule has 0 radical (unpaired) electrons. The molecule has 4 rings (SSSR count). The van der Waals surface area contributed by atoms with Gasteiger partial charge < -0.3 is 10.6 Å². The van der Waals surface area contributed by atoms with E-state index in [2.05, 4.69) is 26.2 Å². The van der Waals surface area contributed by atoms with Crippen LogP contribution in [-0.4, -0.2) is 32.0 Å². The summed E-state index contributed by atoms with van der Waals surface area (Å²) in [5.41, 5.74) is 1.74. The molecule has 2 heterocycles. The van der Waals surface area contributed by atoms with Crippen molar-refractivity contribution in [1.82, 2.24) is 25.5 Å². The van der Waals surface area contributed by atoms with Crippen molar-refractivity contribution in [2.24, 2.45) is 0 Å². The number of carbonyl (C=O) groups excluding carboxylic acids is 2. The summed E-state index contributed by atoms with van der Waals surface area (Å²) >= 11 is 1.37. The summed E-state index contributed by atoms with van der Waals surface area (Å²) in [4.78, 5) is 25.2. The number of anilines is 1. The van der Waals surface area contributed by atoms with Gasteiger partial charge >= 0.3 is 0 Å². The molecular weight excluding hydrogens is 419 g/mol. The largest absolute Gasteiger partial charge is 0.347 e. The fraction of sp³-hybridized carbons (Fsp3) is 0.0952. The van der Waals surface area contributed by atoms with Gasteiger partial charge in [0.15, 0.2) is 5.82 Å². The van der Waals surface area contributed by atoms with Crippen LogP contribution < -0.4 is 10.6 Å². The van der Waals surface area contributed by atoms with Crippen LogP contribution in [0.15, 0.2) is 60.0 Å². The van der Waals surface area contributed by atoms with E-state index >= 15 is 0 Å². The number of halogens is 1. The minimum atomic E-state index is -0.573. The SMILES string of the molecule is Cc1nnnn1-c1ccc(F)c(NC(=O)c2ccc(CNC(=O)c3cccs3)cc2)c1. The summed E-state index contributed by atoms with van der Waals surface area (Å²) in [6.45, 7) is 2.05. The number of thiophene rings is 1. The number of aromatic nitrogens is 4. The molecular formula is C21H17FN6O2S. The standard InChI is InChI=1S/C21H17FN6O2S/c1-13-25-26-27-28(13)16-8-9-17(22)18(11-16)24-20(29)15-6-4-14(5-7-15)12-23-21(30)19-3-2-10-31-19/h2-11H,12H2,1H3,(H,23,30)(H,24,29). The number of rotatable bonds is 6. The summed E-state index contributed by atoms with van der Waals surface area (Å²) < 4.78 is 15.7. The van der Waals surface area contributed by atoms with Crippen LogP contribution in [0.4, 0.5) is 10.1 Å². The van der Waals surface area contributed by atoms with E-state index in [4.69, 9.17) is 0 Å². The first-order chi connectivity index (χ1) is 15.0. The summed E-state index contributed by atoms with van der Waals surface area (Å²) in [5.74, 6) is -0.648. The highest BCUT2D eigenvalue weighted by Gasteiger charge is 2.13. The first kappa shape index (κ1) is 20.4. The zero-order valence-corrected chi connectivity index (χ0v) is 17.2. The lowest BCUT2D eigenvalue weighted by Crippen LogP contribution is -2.21. The number of benzene rings is 2. The lowest BCUT2D eigenvalue weighted by Gasteiger charge is -2.10. The van der Waals surface area contributed by atoms with Crippen LogP contribution in [0.3, 0.4) is 0 Å². The molecule has 10 heteroatoms. The fourth-order valence-corrected chi connectivity index (χ4v) is 3.50. The van der Waals surface area contributed by atoms with Crippen molar-refractivity contribution in [3.05, 3.63) is 87.6 Å². The molecule has 0 aliphatic heterocycles. The van der Waals surface area contributed by atoms with E-state index in [1.165, 1.54) is 34.2 Å².